The van der Waals surface area contributed by atoms with Crippen LogP contribution >= 0.6 is 34.4 Å². The average molecular weight is 401 g/mol. The molecule has 130 valence electrons. The van der Waals surface area contributed by atoms with Gasteiger partial charge in [-0.15, -0.1) is 11.3 Å². The number of thioether (sulfide) groups is 1. The monoisotopic (exact) mass is 401 g/mol. The summed E-state index contributed by atoms with van der Waals surface area (Å²) in [6, 6.07) is 12.5. The Balaban J connectivity index is 1.42. The Kier molecular flexibility index (Phi) is 4.58. The fraction of sp³-hybridized carbons (Fsp3) is 0.0588. The number of anilines is 1. The molecule has 0 atom stereocenters. The van der Waals surface area contributed by atoms with Crippen LogP contribution in [-0.4, -0.2) is 32.7 Å². The number of hydrogen-bond acceptors (Lipinski definition) is 7. The number of nitrogens with one attached hydrogen (secondary N) is 1. The number of carbonyl (C=O) groups is 2. The van der Waals surface area contributed by atoms with Crippen LogP contribution in [0.4, 0.5) is 5.13 Å². The highest BCUT2D eigenvalue weighted by molar-refractivity contribution is 8.01. The van der Waals surface area contributed by atoms with E-state index in [0.29, 0.717) is 10.6 Å². The van der Waals surface area contributed by atoms with E-state index in [1.807, 2.05) is 24.3 Å². The number of aromatic nitrogens is 2. The highest BCUT2D eigenvalue weighted by Crippen LogP contribution is 2.30. The van der Waals surface area contributed by atoms with Gasteiger partial charge in [-0.05, 0) is 30.3 Å². The first kappa shape index (κ1) is 17.0. The van der Waals surface area contributed by atoms with Crippen LogP contribution in [0.3, 0.4) is 0 Å². The van der Waals surface area contributed by atoms with Gasteiger partial charge in [0.15, 0.2) is 9.47 Å². The van der Waals surface area contributed by atoms with Crippen molar-refractivity contribution in [3.8, 4) is 0 Å². The van der Waals surface area contributed by atoms with Gasteiger partial charge in [0.1, 0.15) is 0 Å². The Morgan fingerprint density at radius 1 is 1.04 bits per heavy atom. The summed E-state index contributed by atoms with van der Waals surface area (Å²) < 4.78 is 2.66. The number of carbonyl (C=O) groups excluding carboxylic acids is 1. The Bertz CT molecular complexity index is 1100. The van der Waals surface area contributed by atoms with Crippen LogP contribution in [0.1, 0.15) is 10.4 Å². The van der Waals surface area contributed by atoms with Crippen LogP contribution in [0, 0.1) is 0 Å². The predicted octanol–water partition coefficient (Wildman–Crippen LogP) is 4.34. The molecule has 1 amide bonds. The van der Waals surface area contributed by atoms with Crippen molar-refractivity contribution in [2.24, 2.45) is 0 Å². The molecule has 0 unspecified atom stereocenters. The quantitative estimate of drug-likeness (QED) is 0.484. The molecule has 26 heavy (non-hydrogen) atoms. The van der Waals surface area contributed by atoms with Gasteiger partial charge in [0.25, 0.3) is 0 Å². The van der Waals surface area contributed by atoms with Gasteiger partial charge in [0, 0.05) is 0 Å². The van der Waals surface area contributed by atoms with E-state index in [2.05, 4.69) is 15.3 Å². The Morgan fingerprint density at radius 2 is 1.85 bits per heavy atom. The Morgan fingerprint density at radius 3 is 2.65 bits per heavy atom. The molecule has 2 N–H and O–H groups in total. The van der Waals surface area contributed by atoms with E-state index in [4.69, 9.17) is 5.11 Å². The molecule has 0 spiro atoms. The highest BCUT2D eigenvalue weighted by atomic mass is 32.2. The lowest BCUT2D eigenvalue weighted by atomic mass is 10.2. The number of para-hydroxylation sites is 1. The topological polar surface area (TPSA) is 92.2 Å². The normalized spacial score (nSPS) is 11.1. The number of amides is 1. The second kappa shape index (κ2) is 7.02. The van der Waals surface area contributed by atoms with Crippen molar-refractivity contribution in [2.45, 2.75) is 4.34 Å². The molecule has 2 aromatic heterocycles. The average Bonchev–Trinajstić information content (AvgIpc) is 3.21. The van der Waals surface area contributed by atoms with E-state index < -0.39 is 5.97 Å². The minimum Gasteiger partial charge on any atom is -0.478 e. The summed E-state index contributed by atoms with van der Waals surface area (Å²) in [7, 11) is 0. The first-order chi connectivity index (χ1) is 12.6. The first-order valence-corrected chi connectivity index (χ1v) is 10.1. The van der Waals surface area contributed by atoms with Gasteiger partial charge in [-0.2, -0.15) is 0 Å². The minimum atomic E-state index is -0.988. The van der Waals surface area contributed by atoms with Crippen LogP contribution in [-0.2, 0) is 4.79 Å². The largest absolute Gasteiger partial charge is 0.478 e. The molecular formula is C17H11N3O3S3. The van der Waals surface area contributed by atoms with Crippen LogP contribution in [0.25, 0.3) is 20.4 Å². The number of benzene rings is 2. The second-order valence-electron chi connectivity index (χ2n) is 5.29. The SMILES string of the molecule is O=C(CSc1nc2ccccc2s1)Nc1nc2ccc(C(=O)O)cc2s1. The van der Waals surface area contributed by atoms with Gasteiger partial charge < -0.3 is 10.4 Å². The summed E-state index contributed by atoms with van der Waals surface area (Å²) in [5.74, 6) is -0.930. The van der Waals surface area contributed by atoms with E-state index in [0.717, 1.165) is 19.3 Å². The number of nitrogens with zero attached hydrogens (tertiary/aromatic N) is 2. The van der Waals surface area contributed by atoms with Gasteiger partial charge in [0.05, 0.1) is 31.7 Å². The zero-order chi connectivity index (χ0) is 18.1. The molecule has 4 rings (SSSR count). The number of carboxylic acids is 1. The van der Waals surface area contributed by atoms with E-state index >= 15 is 0 Å². The summed E-state index contributed by atoms with van der Waals surface area (Å²) in [4.78, 5) is 32.0. The maximum atomic E-state index is 12.2. The molecule has 0 bridgehead atoms. The molecular weight excluding hydrogens is 390 g/mol. The lowest BCUT2D eigenvalue weighted by molar-refractivity contribution is -0.113. The predicted molar refractivity (Wildman–Crippen MR) is 106 cm³/mol. The molecule has 2 aromatic carbocycles. The van der Waals surface area contributed by atoms with Gasteiger partial charge in [0.2, 0.25) is 5.91 Å². The fourth-order valence-electron chi connectivity index (χ4n) is 2.31. The van der Waals surface area contributed by atoms with E-state index in [1.54, 1.807) is 23.5 Å². The lowest BCUT2D eigenvalue weighted by Gasteiger charge is -1.99. The third-order valence-electron chi connectivity index (χ3n) is 3.48. The van der Waals surface area contributed by atoms with Crippen molar-refractivity contribution < 1.29 is 14.7 Å². The molecule has 0 saturated heterocycles. The maximum Gasteiger partial charge on any atom is 0.335 e. The fourth-order valence-corrected chi connectivity index (χ4v) is 5.10. The zero-order valence-corrected chi connectivity index (χ0v) is 15.6. The van der Waals surface area contributed by atoms with Gasteiger partial charge in [-0.3, -0.25) is 4.79 Å². The molecule has 0 aliphatic rings. The van der Waals surface area contributed by atoms with Crippen molar-refractivity contribution in [1.82, 2.24) is 9.97 Å². The summed E-state index contributed by atoms with van der Waals surface area (Å²) in [5, 5.41) is 12.3. The maximum absolute atomic E-state index is 12.2. The number of rotatable bonds is 5. The molecule has 0 fully saturated rings. The van der Waals surface area contributed by atoms with Crippen LogP contribution in [0.2, 0.25) is 0 Å². The van der Waals surface area contributed by atoms with Crippen molar-refractivity contribution in [3.05, 3.63) is 48.0 Å². The van der Waals surface area contributed by atoms with Gasteiger partial charge in [-0.25, -0.2) is 14.8 Å². The van der Waals surface area contributed by atoms with E-state index in [1.165, 1.54) is 29.2 Å². The highest BCUT2D eigenvalue weighted by Gasteiger charge is 2.12. The van der Waals surface area contributed by atoms with Crippen molar-refractivity contribution in [3.63, 3.8) is 0 Å². The molecule has 6 nitrogen and oxygen atoms in total. The molecule has 0 aliphatic heterocycles. The van der Waals surface area contributed by atoms with E-state index in [9.17, 15) is 9.59 Å². The van der Waals surface area contributed by atoms with Gasteiger partial charge >= 0.3 is 5.97 Å². The third-order valence-corrected chi connectivity index (χ3v) is 6.60. The molecule has 9 heteroatoms. The second-order valence-corrected chi connectivity index (χ2v) is 8.57. The number of thiazole rings is 2. The molecule has 2 heterocycles. The zero-order valence-electron chi connectivity index (χ0n) is 13.1. The minimum absolute atomic E-state index is 0.174. The number of fused-ring (bicyclic) bond motifs is 2. The molecule has 0 saturated carbocycles. The van der Waals surface area contributed by atoms with Crippen LogP contribution in [0.15, 0.2) is 46.8 Å². The summed E-state index contributed by atoms with van der Waals surface area (Å²) >= 11 is 4.19. The summed E-state index contributed by atoms with van der Waals surface area (Å²) in [5.41, 5.74) is 1.79. The van der Waals surface area contributed by atoms with Crippen molar-refractivity contribution in [1.29, 1.82) is 0 Å². The smallest absolute Gasteiger partial charge is 0.335 e. The molecule has 0 radical (unpaired) electrons. The third kappa shape index (κ3) is 3.55. The number of aromatic carboxylic acids is 1. The van der Waals surface area contributed by atoms with Crippen molar-refractivity contribution in [2.75, 3.05) is 11.1 Å². The molecule has 0 aliphatic carbocycles. The summed E-state index contributed by atoms with van der Waals surface area (Å²) in [6.07, 6.45) is 0. The Hall–Kier alpha value is -2.49. The van der Waals surface area contributed by atoms with Crippen LogP contribution < -0.4 is 5.32 Å². The Labute approximate surface area is 159 Å². The van der Waals surface area contributed by atoms with Gasteiger partial charge in [-0.1, -0.05) is 35.2 Å². The first-order valence-electron chi connectivity index (χ1n) is 7.50. The lowest BCUT2D eigenvalue weighted by Crippen LogP contribution is -2.13. The van der Waals surface area contributed by atoms with Crippen LogP contribution in [0.5, 0.6) is 0 Å². The number of hydrogen-bond donors (Lipinski definition) is 2. The summed E-state index contributed by atoms with van der Waals surface area (Å²) in [6.45, 7) is 0. The standard InChI is InChI=1S/C17H11N3O3S3/c21-14(8-24-17-19-10-3-1-2-4-12(10)26-17)20-16-18-11-6-5-9(15(22)23)7-13(11)25-16/h1-7H,8H2,(H,22,23)(H,18,20,21). The number of carboxylic acid groups (broad SMARTS) is 1. The molecule has 4 aromatic rings. The van der Waals surface area contributed by atoms with Crippen molar-refractivity contribution >= 4 is 71.9 Å². The van der Waals surface area contributed by atoms with E-state index in [-0.39, 0.29) is 17.2 Å².